The summed E-state index contributed by atoms with van der Waals surface area (Å²) in [5.41, 5.74) is 2.71. The monoisotopic (exact) mass is 324 g/mol. The topological polar surface area (TPSA) is 24.9 Å². The lowest BCUT2D eigenvalue weighted by molar-refractivity contribution is 0.552. The van der Waals surface area contributed by atoms with Gasteiger partial charge in [-0.15, -0.1) is 11.3 Å². The normalized spacial score (nSPS) is 12.6. The van der Waals surface area contributed by atoms with Crippen LogP contribution in [0.4, 0.5) is 4.39 Å². The van der Waals surface area contributed by atoms with Crippen LogP contribution < -0.4 is 5.32 Å². The van der Waals surface area contributed by atoms with Crippen LogP contribution in [-0.2, 0) is 0 Å². The maximum Gasteiger partial charge on any atom is 0.154 e. The summed E-state index contributed by atoms with van der Waals surface area (Å²) in [6.07, 6.45) is 1.06. The Morgan fingerprint density at radius 2 is 2.14 bits per heavy atom. The molecule has 1 N–H and O–H groups in total. The Kier molecular flexibility index (Phi) is 5.79. The Labute approximate surface area is 134 Å². The molecular weight excluding hydrogens is 303 g/mol. The SMILES string of the molecule is CCCNC(C)c1cc(F)c(C)cc1Sc1nc(C)cs1. The number of thiazole rings is 1. The van der Waals surface area contributed by atoms with Crippen LogP contribution in [0.3, 0.4) is 0 Å². The van der Waals surface area contributed by atoms with Crippen molar-refractivity contribution in [2.45, 2.75) is 49.4 Å². The number of rotatable bonds is 6. The molecule has 0 aliphatic carbocycles. The molecule has 0 fully saturated rings. The zero-order valence-electron chi connectivity index (χ0n) is 12.9. The molecule has 2 nitrogen and oxygen atoms in total. The molecule has 2 aromatic rings. The van der Waals surface area contributed by atoms with Crippen molar-refractivity contribution in [3.05, 3.63) is 40.2 Å². The summed E-state index contributed by atoms with van der Waals surface area (Å²) in [5, 5.41) is 5.47. The molecule has 0 aliphatic heterocycles. The van der Waals surface area contributed by atoms with Crippen molar-refractivity contribution in [1.82, 2.24) is 10.3 Å². The zero-order valence-corrected chi connectivity index (χ0v) is 14.5. The lowest BCUT2D eigenvalue weighted by atomic mass is 10.1. The third kappa shape index (κ3) is 4.28. The van der Waals surface area contributed by atoms with Gasteiger partial charge in [0.15, 0.2) is 4.34 Å². The molecule has 21 heavy (non-hydrogen) atoms. The van der Waals surface area contributed by atoms with E-state index >= 15 is 0 Å². The molecule has 0 radical (unpaired) electrons. The van der Waals surface area contributed by atoms with Gasteiger partial charge in [-0.3, -0.25) is 0 Å². The number of hydrogen-bond acceptors (Lipinski definition) is 4. The summed E-state index contributed by atoms with van der Waals surface area (Å²) in [5.74, 6) is -0.144. The Bertz CT molecular complexity index is 610. The summed E-state index contributed by atoms with van der Waals surface area (Å²) in [6, 6.07) is 3.71. The summed E-state index contributed by atoms with van der Waals surface area (Å²) >= 11 is 3.25. The molecule has 0 spiro atoms. The predicted octanol–water partition coefficient (Wildman–Crippen LogP) is 5.11. The van der Waals surface area contributed by atoms with Crippen LogP contribution in [0.15, 0.2) is 26.7 Å². The Balaban J connectivity index is 2.31. The van der Waals surface area contributed by atoms with Gasteiger partial charge in [0.25, 0.3) is 0 Å². The van der Waals surface area contributed by atoms with E-state index in [0.717, 1.165) is 33.5 Å². The van der Waals surface area contributed by atoms with E-state index in [1.54, 1.807) is 36.1 Å². The van der Waals surface area contributed by atoms with Crippen LogP contribution in [0.2, 0.25) is 0 Å². The van der Waals surface area contributed by atoms with Crippen molar-refractivity contribution in [2.75, 3.05) is 6.54 Å². The van der Waals surface area contributed by atoms with Crippen molar-refractivity contribution >= 4 is 23.1 Å². The highest BCUT2D eigenvalue weighted by atomic mass is 32.2. The van der Waals surface area contributed by atoms with Crippen LogP contribution in [0.1, 0.15) is 43.1 Å². The number of nitrogens with zero attached hydrogens (tertiary/aromatic N) is 1. The highest BCUT2D eigenvalue weighted by molar-refractivity contribution is 8.01. The molecule has 0 aliphatic rings. The molecule has 2 rings (SSSR count). The van der Waals surface area contributed by atoms with Crippen LogP contribution in [-0.4, -0.2) is 11.5 Å². The van der Waals surface area contributed by atoms with Crippen molar-refractivity contribution in [2.24, 2.45) is 0 Å². The van der Waals surface area contributed by atoms with Crippen molar-refractivity contribution in [1.29, 1.82) is 0 Å². The Morgan fingerprint density at radius 3 is 2.76 bits per heavy atom. The molecule has 1 heterocycles. The second-order valence-electron chi connectivity index (χ2n) is 5.17. The van der Waals surface area contributed by atoms with Gasteiger partial charge in [0.1, 0.15) is 5.82 Å². The molecule has 114 valence electrons. The summed E-state index contributed by atoms with van der Waals surface area (Å²) in [4.78, 5) is 5.57. The first-order chi connectivity index (χ1) is 10.0. The van der Waals surface area contributed by atoms with E-state index in [0.29, 0.717) is 5.56 Å². The van der Waals surface area contributed by atoms with Gasteiger partial charge in [0.05, 0.1) is 0 Å². The van der Waals surface area contributed by atoms with Gasteiger partial charge in [-0.05, 0) is 57.0 Å². The lowest BCUT2D eigenvalue weighted by Crippen LogP contribution is -2.20. The van der Waals surface area contributed by atoms with Crippen molar-refractivity contribution in [3.63, 3.8) is 0 Å². The summed E-state index contributed by atoms with van der Waals surface area (Å²) in [7, 11) is 0. The van der Waals surface area contributed by atoms with Gasteiger partial charge in [-0.25, -0.2) is 9.37 Å². The second kappa shape index (κ2) is 7.38. The van der Waals surface area contributed by atoms with Gasteiger partial charge in [-0.1, -0.05) is 18.7 Å². The summed E-state index contributed by atoms with van der Waals surface area (Å²) < 4.78 is 14.9. The maximum absolute atomic E-state index is 13.9. The number of halogens is 1. The Hall–Kier alpha value is -0.910. The molecule has 0 amide bonds. The van der Waals surface area contributed by atoms with E-state index < -0.39 is 0 Å². The molecule has 1 unspecified atom stereocenters. The lowest BCUT2D eigenvalue weighted by Gasteiger charge is -2.18. The molecule has 5 heteroatoms. The zero-order chi connectivity index (χ0) is 15.4. The fraction of sp³-hybridized carbons (Fsp3) is 0.438. The molecule has 0 bridgehead atoms. The van der Waals surface area contributed by atoms with Crippen molar-refractivity contribution < 1.29 is 4.39 Å². The van der Waals surface area contributed by atoms with Gasteiger partial charge in [0, 0.05) is 22.0 Å². The molecule has 1 aromatic heterocycles. The highest BCUT2D eigenvalue weighted by Gasteiger charge is 2.15. The minimum absolute atomic E-state index is 0.128. The first kappa shape index (κ1) is 16.5. The summed E-state index contributed by atoms with van der Waals surface area (Å²) in [6.45, 7) is 8.93. The van der Waals surface area contributed by atoms with E-state index in [9.17, 15) is 4.39 Å². The van der Waals surface area contributed by atoms with Crippen LogP contribution >= 0.6 is 23.1 Å². The maximum atomic E-state index is 13.9. The second-order valence-corrected chi connectivity index (χ2v) is 7.32. The first-order valence-electron chi connectivity index (χ1n) is 7.14. The van der Waals surface area contributed by atoms with Gasteiger partial charge in [0.2, 0.25) is 0 Å². The standard InChI is InChI=1S/C16H21FN2S2/c1-5-6-18-12(4)13-8-14(17)10(2)7-15(13)21-16-19-11(3)9-20-16/h7-9,12,18H,5-6H2,1-4H3. The smallest absolute Gasteiger partial charge is 0.154 e. The average Bonchev–Trinajstić information content (AvgIpc) is 2.85. The van der Waals surface area contributed by atoms with Crippen LogP contribution in [0.5, 0.6) is 0 Å². The fourth-order valence-corrected chi connectivity index (χ4v) is 4.14. The number of nitrogens with one attached hydrogen (secondary N) is 1. The first-order valence-corrected chi connectivity index (χ1v) is 8.84. The third-order valence-corrected chi connectivity index (χ3v) is 5.38. The minimum Gasteiger partial charge on any atom is -0.310 e. The molecule has 1 atom stereocenters. The molecule has 0 saturated carbocycles. The van der Waals surface area contributed by atoms with E-state index in [1.807, 2.05) is 18.4 Å². The third-order valence-electron chi connectivity index (χ3n) is 3.25. The molecule has 0 saturated heterocycles. The largest absolute Gasteiger partial charge is 0.310 e. The minimum atomic E-state index is -0.144. The van der Waals surface area contributed by atoms with E-state index in [2.05, 4.69) is 24.1 Å². The number of aryl methyl sites for hydroxylation is 2. The molecular formula is C16H21FN2S2. The quantitative estimate of drug-likeness (QED) is 0.799. The number of benzene rings is 1. The van der Waals surface area contributed by atoms with Gasteiger partial charge >= 0.3 is 0 Å². The number of aromatic nitrogens is 1. The fourth-order valence-electron chi connectivity index (χ4n) is 2.04. The number of hydrogen-bond donors (Lipinski definition) is 1. The van der Waals surface area contributed by atoms with E-state index in [-0.39, 0.29) is 11.9 Å². The Morgan fingerprint density at radius 1 is 1.38 bits per heavy atom. The van der Waals surface area contributed by atoms with E-state index in [1.165, 1.54) is 0 Å². The highest BCUT2D eigenvalue weighted by Crippen LogP contribution is 2.36. The van der Waals surface area contributed by atoms with Gasteiger partial charge < -0.3 is 5.32 Å². The van der Waals surface area contributed by atoms with Gasteiger partial charge in [-0.2, -0.15) is 0 Å². The predicted molar refractivity (Wildman–Crippen MR) is 88.8 cm³/mol. The van der Waals surface area contributed by atoms with Crippen molar-refractivity contribution in [3.8, 4) is 0 Å². The molecule has 1 aromatic carbocycles. The average molecular weight is 324 g/mol. The van der Waals surface area contributed by atoms with Crippen LogP contribution in [0, 0.1) is 19.7 Å². The van der Waals surface area contributed by atoms with Crippen LogP contribution in [0.25, 0.3) is 0 Å². The van der Waals surface area contributed by atoms with E-state index in [4.69, 9.17) is 0 Å².